The highest BCUT2D eigenvalue weighted by atomic mass is 32.2. The van der Waals surface area contributed by atoms with Crippen LogP contribution in [0.1, 0.15) is 52.7 Å². The molecule has 1 aliphatic carbocycles. The van der Waals surface area contributed by atoms with Gasteiger partial charge in [-0.1, -0.05) is 18.2 Å². The monoisotopic (exact) mass is 768 g/mol. The Morgan fingerprint density at radius 1 is 1.02 bits per heavy atom. The topological polar surface area (TPSA) is 174 Å². The predicted octanol–water partition coefficient (Wildman–Crippen LogP) is 5.31. The van der Waals surface area contributed by atoms with Crippen molar-refractivity contribution in [1.29, 1.82) is 0 Å². The van der Waals surface area contributed by atoms with Crippen LogP contribution in [-0.4, -0.2) is 96.1 Å². The molecule has 0 radical (unpaired) electrons. The summed E-state index contributed by atoms with van der Waals surface area (Å²) in [4.78, 5) is 25.0. The molecule has 1 amide bonds. The number of hydrogen-bond acceptors (Lipinski definition) is 11. The molecule has 1 heterocycles. The molecule has 3 aromatic carbocycles. The smallest absolute Gasteiger partial charge is 0.255 e. The fraction of sp³-hybridized carbons (Fsp3) is 0.385. The van der Waals surface area contributed by atoms with E-state index in [1.54, 1.807) is 37.3 Å². The third-order valence-electron chi connectivity index (χ3n) is 8.61. The Bertz CT molecular complexity index is 2060. The number of nitrogens with zero attached hydrogens (tertiary/aromatic N) is 1. The summed E-state index contributed by atoms with van der Waals surface area (Å²) in [6, 6.07) is 15.9. The zero-order chi connectivity index (χ0) is 38.8. The number of amides is 1. The summed E-state index contributed by atoms with van der Waals surface area (Å²) < 4.78 is 69.2. The number of halogens is 1. The van der Waals surface area contributed by atoms with Crippen LogP contribution in [0.4, 0.5) is 10.1 Å². The van der Waals surface area contributed by atoms with Gasteiger partial charge in [-0.25, -0.2) is 12.8 Å². The SMILES string of the molecule is CCOC(O)C(=O)C=C(O)c1cccc(COCCOCCOCCN(c2cc3oc(-c4ccc(F)cc4)c(C(=O)NC)c3cc2C2CC2)S(C)(=O)=O)c1. The highest BCUT2D eigenvalue weighted by molar-refractivity contribution is 7.92. The summed E-state index contributed by atoms with van der Waals surface area (Å²) in [5.74, 6) is -1.50. The Balaban J connectivity index is 1.13. The van der Waals surface area contributed by atoms with Gasteiger partial charge < -0.3 is 38.9 Å². The number of carbonyl (C=O) groups is 2. The number of hydrogen-bond donors (Lipinski definition) is 3. The third-order valence-corrected chi connectivity index (χ3v) is 9.79. The average Bonchev–Trinajstić information content (AvgIpc) is 3.93. The van der Waals surface area contributed by atoms with Crippen molar-refractivity contribution < 1.29 is 56.0 Å². The van der Waals surface area contributed by atoms with Crippen LogP contribution in [0.3, 0.4) is 0 Å². The minimum Gasteiger partial charge on any atom is -0.507 e. The maximum atomic E-state index is 13.7. The molecule has 0 bridgehead atoms. The number of carbonyl (C=O) groups excluding carboxylic acids is 2. The van der Waals surface area contributed by atoms with Gasteiger partial charge >= 0.3 is 0 Å². The summed E-state index contributed by atoms with van der Waals surface area (Å²) in [6.07, 6.45) is 2.16. The number of aliphatic hydroxyl groups excluding tert-OH is 2. The van der Waals surface area contributed by atoms with E-state index < -0.39 is 27.9 Å². The van der Waals surface area contributed by atoms with Crippen LogP contribution < -0.4 is 9.62 Å². The number of benzene rings is 3. The number of ketones is 1. The number of sulfonamides is 1. The van der Waals surface area contributed by atoms with Crippen molar-refractivity contribution in [3.63, 3.8) is 0 Å². The molecule has 290 valence electrons. The van der Waals surface area contributed by atoms with Gasteiger partial charge in [0, 0.05) is 42.3 Å². The van der Waals surface area contributed by atoms with Gasteiger partial charge in [-0.3, -0.25) is 13.9 Å². The minimum atomic E-state index is -3.75. The first-order valence-electron chi connectivity index (χ1n) is 17.5. The molecule has 1 atom stereocenters. The molecule has 1 aromatic heterocycles. The van der Waals surface area contributed by atoms with Crippen LogP contribution >= 0.6 is 0 Å². The van der Waals surface area contributed by atoms with Crippen LogP contribution in [0.25, 0.3) is 28.1 Å². The van der Waals surface area contributed by atoms with E-state index in [4.69, 9.17) is 23.4 Å². The van der Waals surface area contributed by atoms with E-state index in [0.717, 1.165) is 36.3 Å². The van der Waals surface area contributed by atoms with Crippen LogP contribution in [0.2, 0.25) is 0 Å². The minimum absolute atomic E-state index is 0.0338. The van der Waals surface area contributed by atoms with Crippen molar-refractivity contribution in [2.75, 3.05) is 63.8 Å². The van der Waals surface area contributed by atoms with Crippen molar-refractivity contribution >= 4 is 44.1 Å². The Morgan fingerprint density at radius 3 is 2.35 bits per heavy atom. The van der Waals surface area contributed by atoms with Gasteiger partial charge in [0.25, 0.3) is 5.91 Å². The summed E-state index contributed by atoms with van der Waals surface area (Å²) in [5.41, 5.74) is 3.51. The van der Waals surface area contributed by atoms with Crippen molar-refractivity contribution in [2.45, 2.75) is 38.6 Å². The maximum Gasteiger partial charge on any atom is 0.255 e. The van der Waals surface area contributed by atoms with E-state index in [9.17, 15) is 32.6 Å². The van der Waals surface area contributed by atoms with Gasteiger partial charge in [-0.15, -0.1) is 0 Å². The van der Waals surface area contributed by atoms with Crippen molar-refractivity contribution in [3.8, 4) is 11.3 Å². The van der Waals surface area contributed by atoms with Crippen molar-refractivity contribution in [3.05, 3.63) is 94.8 Å². The maximum absolute atomic E-state index is 13.7. The van der Waals surface area contributed by atoms with Gasteiger partial charge in [0.2, 0.25) is 22.1 Å². The standard InChI is InChI=1S/C39H45FN2O11S/c1-4-52-39(46)34(44)23-33(43)28-7-5-6-25(20-28)24-51-19-18-50-17-16-49-15-14-42(54(3,47)48)32-22-35-31(21-30(32)26-8-9-26)36(38(45)41-2)37(53-35)27-10-12-29(40)13-11-27/h5-7,10-13,20-23,26,39,43,46H,4,8-9,14-19,24H2,1-3H3,(H,41,45). The molecule has 1 saturated carbocycles. The van der Waals surface area contributed by atoms with Crippen LogP contribution in [0.5, 0.6) is 0 Å². The first kappa shape index (κ1) is 40.5. The molecule has 13 nitrogen and oxygen atoms in total. The predicted molar refractivity (Wildman–Crippen MR) is 200 cm³/mol. The lowest BCUT2D eigenvalue weighted by atomic mass is 10.0. The Kier molecular flexibility index (Phi) is 14.0. The third kappa shape index (κ3) is 10.5. The van der Waals surface area contributed by atoms with Gasteiger partial charge in [0.05, 0.1) is 63.7 Å². The lowest BCUT2D eigenvalue weighted by Gasteiger charge is -2.25. The van der Waals surface area contributed by atoms with Gasteiger partial charge in [0.1, 0.15) is 22.9 Å². The zero-order valence-electron chi connectivity index (χ0n) is 30.4. The molecule has 3 N–H and O–H groups in total. The molecule has 15 heteroatoms. The molecule has 54 heavy (non-hydrogen) atoms. The van der Waals surface area contributed by atoms with Gasteiger partial charge in [-0.2, -0.15) is 0 Å². The molecule has 0 saturated heterocycles. The molecule has 0 spiro atoms. The summed E-state index contributed by atoms with van der Waals surface area (Å²) in [5, 5.41) is 23.1. The molecular weight excluding hydrogens is 723 g/mol. The number of nitrogens with one attached hydrogen (secondary N) is 1. The van der Waals surface area contributed by atoms with E-state index >= 15 is 0 Å². The molecule has 1 aliphatic rings. The molecule has 4 aromatic rings. The van der Waals surface area contributed by atoms with Crippen molar-refractivity contribution in [1.82, 2.24) is 5.32 Å². The number of fused-ring (bicyclic) bond motifs is 1. The Hall–Kier alpha value is -4.64. The summed E-state index contributed by atoms with van der Waals surface area (Å²) in [7, 11) is -2.24. The fourth-order valence-corrected chi connectivity index (χ4v) is 6.75. The van der Waals surface area contributed by atoms with E-state index in [1.807, 2.05) is 6.07 Å². The number of rotatable bonds is 21. The molecule has 5 rings (SSSR count). The quantitative estimate of drug-likeness (QED) is 0.0434. The lowest BCUT2D eigenvalue weighted by molar-refractivity contribution is -0.149. The highest BCUT2D eigenvalue weighted by Crippen LogP contribution is 2.48. The van der Waals surface area contributed by atoms with Gasteiger partial charge in [0.15, 0.2) is 0 Å². The molecule has 1 fully saturated rings. The number of anilines is 1. The van der Waals surface area contributed by atoms with E-state index in [1.165, 1.54) is 35.6 Å². The van der Waals surface area contributed by atoms with Crippen LogP contribution in [0.15, 0.2) is 71.2 Å². The lowest BCUT2D eigenvalue weighted by Crippen LogP contribution is -2.34. The van der Waals surface area contributed by atoms with E-state index in [-0.39, 0.29) is 76.1 Å². The molecule has 0 aliphatic heterocycles. The first-order valence-corrected chi connectivity index (χ1v) is 19.4. The second kappa shape index (κ2) is 18.6. The first-order chi connectivity index (χ1) is 25.9. The summed E-state index contributed by atoms with van der Waals surface area (Å²) in [6.45, 7) is 3.15. The van der Waals surface area contributed by atoms with E-state index in [2.05, 4.69) is 5.32 Å². The zero-order valence-corrected chi connectivity index (χ0v) is 31.2. The Labute approximate surface area is 313 Å². The fourth-order valence-electron chi connectivity index (χ4n) is 5.83. The largest absolute Gasteiger partial charge is 0.507 e. The number of ether oxygens (including phenoxy) is 4. The van der Waals surface area contributed by atoms with Crippen LogP contribution in [-0.2, 0) is 40.4 Å². The van der Waals surface area contributed by atoms with Crippen LogP contribution in [0, 0.1) is 5.82 Å². The van der Waals surface area contributed by atoms with Gasteiger partial charge in [-0.05, 0) is 73.2 Å². The molecule has 1 unspecified atom stereocenters. The molecular formula is C39H45FN2O11S. The second-order valence-corrected chi connectivity index (χ2v) is 14.5. The highest BCUT2D eigenvalue weighted by Gasteiger charge is 2.33. The van der Waals surface area contributed by atoms with E-state index in [0.29, 0.717) is 33.3 Å². The average molecular weight is 769 g/mol. The number of aliphatic hydroxyl groups is 2. The Morgan fingerprint density at radius 2 is 1.70 bits per heavy atom. The number of furan rings is 1. The second-order valence-electron chi connectivity index (χ2n) is 12.6. The normalized spacial score (nSPS) is 14.0. The van der Waals surface area contributed by atoms with Crippen molar-refractivity contribution in [2.24, 2.45) is 0 Å². The summed E-state index contributed by atoms with van der Waals surface area (Å²) >= 11 is 0.